The smallest absolute Gasteiger partial charge is 0.407 e. The Labute approximate surface area is 261 Å². The first-order valence-corrected chi connectivity index (χ1v) is 15.1. The maximum Gasteiger partial charge on any atom is 0.407 e. The van der Waals surface area contributed by atoms with Gasteiger partial charge in [-0.15, -0.1) is 0 Å². The van der Waals surface area contributed by atoms with Crippen molar-refractivity contribution in [1.82, 2.24) is 10.3 Å². The Balaban J connectivity index is 1.11. The van der Waals surface area contributed by atoms with Crippen molar-refractivity contribution in [3.8, 4) is 17.4 Å². The molecular weight excluding hydrogens is 574 g/mol. The van der Waals surface area contributed by atoms with Gasteiger partial charge in [0, 0.05) is 18.3 Å². The van der Waals surface area contributed by atoms with E-state index >= 15 is 0 Å². The Hall–Kier alpha value is -5.12. The summed E-state index contributed by atoms with van der Waals surface area (Å²) in [7, 11) is 0. The molecule has 3 N–H and O–H groups in total. The highest BCUT2D eigenvalue weighted by molar-refractivity contribution is 6.01. The van der Waals surface area contributed by atoms with Gasteiger partial charge >= 0.3 is 12.1 Å². The third-order valence-electron chi connectivity index (χ3n) is 7.45. The van der Waals surface area contributed by atoms with Crippen LogP contribution < -0.4 is 20.1 Å². The van der Waals surface area contributed by atoms with E-state index in [1.54, 1.807) is 36.5 Å². The van der Waals surface area contributed by atoms with Crippen molar-refractivity contribution in [2.75, 3.05) is 11.9 Å². The number of amides is 2. The highest BCUT2D eigenvalue weighted by Gasteiger charge is 2.24. The molecule has 10 nitrogen and oxygen atoms in total. The predicted octanol–water partition coefficient (Wildman–Crippen LogP) is 6.98. The fourth-order valence-corrected chi connectivity index (χ4v) is 5.16. The van der Waals surface area contributed by atoms with Gasteiger partial charge in [0.15, 0.2) is 0 Å². The van der Waals surface area contributed by atoms with Crippen molar-refractivity contribution in [3.63, 3.8) is 0 Å². The van der Waals surface area contributed by atoms with Crippen LogP contribution in [-0.2, 0) is 16.0 Å². The molecule has 1 aliphatic rings. The summed E-state index contributed by atoms with van der Waals surface area (Å²) in [5.41, 5.74) is 0.934. The molecule has 45 heavy (non-hydrogen) atoms. The van der Waals surface area contributed by atoms with E-state index in [-0.39, 0.29) is 41.8 Å². The Kier molecular flexibility index (Phi) is 10.1. The monoisotopic (exact) mass is 611 g/mol. The van der Waals surface area contributed by atoms with Crippen LogP contribution in [0.3, 0.4) is 0 Å². The summed E-state index contributed by atoms with van der Waals surface area (Å²) in [4.78, 5) is 40.2. The fourth-order valence-electron chi connectivity index (χ4n) is 5.16. The number of aromatic nitrogens is 1. The summed E-state index contributed by atoms with van der Waals surface area (Å²) < 4.78 is 17.5. The number of aromatic carboxylic acids is 1. The predicted molar refractivity (Wildman–Crippen MR) is 170 cm³/mol. The zero-order valence-electron chi connectivity index (χ0n) is 25.3. The molecule has 0 bridgehead atoms. The maximum atomic E-state index is 12.5. The Morgan fingerprint density at radius 3 is 2.31 bits per heavy atom. The molecular formula is C35H37N3O7. The van der Waals surface area contributed by atoms with Gasteiger partial charge in [0.2, 0.25) is 11.8 Å². The first-order chi connectivity index (χ1) is 21.7. The van der Waals surface area contributed by atoms with Crippen LogP contribution in [0.15, 0.2) is 79.0 Å². The largest absolute Gasteiger partial charge is 0.490 e. The third-order valence-corrected chi connectivity index (χ3v) is 7.45. The zero-order chi connectivity index (χ0) is 31.8. The number of carbonyl (C=O) groups excluding carboxylic acids is 2. The molecule has 4 aromatic rings. The second kappa shape index (κ2) is 14.6. The molecule has 1 heterocycles. The van der Waals surface area contributed by atoms with Crippen molar-refractivity contribution in [2.24, 2.45) is 5.92 Å². The van der Waals surface area contributed by atoms with Gasteiger partial charge in [-0.2, -0.15) is 0 Å². The number of carboxylic acid groups (broad SMARTS) is 1. The summed E-state index contributed by atoms with van der Waals surface area (Å²) in [6.45, 7) is 4.44. The molecule has 0 aliphatic heterocycles. The van der Waals surface area contributed by atoms with Crippen molar-refractivity contribution in [1.29, 1.82) is 0 Å². The quantitative estimate of drug-likeness (QED) is 0.165. The molecule has 234 valence electrons. The Bertz CT molecular complexity index is 1650. The van der Waals surface area contributed by atoms with Crippen LogP contribution in [0.4, 0.5) is 10.5 Å². The number of rotatable bonds is 11. The van der Waals surface area contributed by atoms with Crippen LogP contribution in [0.25, 0.3) is 10.8 Å². The summed E-state index contributed by atoms with van der Waals surface area (Å²) >= 11 is 0. The van der Waals surface area contributed by atoms with Crippen molar-refractivity contribution in [3.05, 3.63) is 90.1 Å². The Morgan fingerprint density at radius 2 is 1.62 bits per heavy atom. The van der Waals surface area contributed by atoms with Crippen molar-refractivity contribution < 1.29 is 33.7 Å². The number of benzene rings is 3. The summed E-state index contributed by atoms with van der Waals surface area (Å²) in [6, 6.07) is 21.5. The minimum Gasteiger partial charge on any atom is -0.490 e. The molecule has 5 rings (SSSR count). The molecule has 1 aliphatic carbocycles. The van der Waals surface area contributed by atoms with E-state index in [9.17, 15) is 19.5 Å². The van der Waals surface area contributed by atoms with Gasteiger partial charge in [0.25, 0.3) is 0 Å². The van der Waals surface area contributed by atoms with Crippen LogP contribution in [0, 0.1) is 5.92 Å². The highest BCUT2D eigenvalue weighted by atomic mass is 16.5. The lowest BCUT2D eigenvalue weighted by molar-refractivity contribution is -0.115. The van der Waals surface area contributed by atoms with Gasteiger partial charge in [-0.25, -0.2) is 14.6 Å². The molecule has 0 radical (unpaired) electrons. The number of carbonyl (C=O) groups is 3. The van der Waals surface area contributed by atoms with E-state index in [1.165, 1.54) is 6.07 Å². The average molecular weight is 612 g/mol. The number of carboxylic acids is 1. The zero-order valence-corrected chi connectivity index (χ0v) is 25.3. The first-order valence-electron chi connectivity index (χ1n) is 15.1. The van der Waals surface area contributed by atoms with Crippen LogP contribution in [0.1, 0.15) is 55.5 Å². The second-order valence-corrected chi connectivity index (χ2v) is 11.6. The second-order valence-electron chi connectivity index (χ2n) is 11.6. The van der Waals surface area contributed by atoms with E-state index in [0.717, 1.165) is 42.2 Å². The average Bonchev–Trinajstić information content (AvgIpc) is 3.02. The van der Waals surface area contributed by atoms with E-state index < -0.39 is 5.97 Å². The summed E-state index contributed by atoms with van der Waals surface area (Å²) in [5, 5.41) is 16.9. The molecule has 0 saturated heterocycles. The van der Waals surface area contributed by atoms with E-state index in [4.69, 9.17) is 14.2 Å². The minimum absolute atomic E-state index is 0.0287. The molecule has 3 aromatic carbocycles. The maximum absolute atomic E-state index is 12.5. The van der Waals surface area contributed by atoms with Gasteiger partial charge in [-0.3, -0.25) is 4.79 Å². The van der Waals surface area contributed by atoms with Crippen molar-refractivity contribution in [2.45, 2.75) is 58.1 Å². The standard InChI is InChI=1S/C35H37N3O7/c1-22(2)21-43-35(42)37-26-10-14-27(15-11-26)44-28-12-8-25-19-29(13-9-24(25)18-28)45-33-16-7-23(20-36-33)17-32(39)38-31-6-4-3-5-30(31)34(40)41/h3-9,12-13,16,18-20,22,26-27H,10-11,14-15,17,21H2,1-2H3,(H,37,42)(H,38,39)(H,40,41). The number of hydrogen-bond acceptors (Lipinski definition) is 7. The molecule has 1 saturated carbocycles. The third kappa shape index (κ3) is 8.95. The topological polar surface area (TPSA) is 136 Å². The number of ether oxygens (including phenoxy) is 3. The highest BCUT2D eigenvalue weighted by Crippen LogP contribution is 2.30. The van der Waals surface area contributed by atoms with Crippen LogP contribution in [-0.4, -0.2) is 46.8 Å². The van der Waals surface area contributed by atoms with Crippen LogP contribution in [0.2, 0.25) is 0 Å². The lowest BCUT2D eigenvalue weighted by atomic mass is 9.93. The SMILES string of the molecule is CC(C)COC(=O)NC1CCC(Oc2ccc3cc(Oc4ccc(CC(=O)Nc5ccccc5C(=O)O)cn4)ccc3c2)CC1. The molecule has 0 spiro atoms. The first kappa shape index (κ1) is 31.3. The number of alkyl carbamates (subject to hydrolysis) is 1. The lowest BCUT2D eigenvalue weighted by Gasteiger charge is -2.29. The summed E-state index contributed by atoms with van der Waals surface area (Å²) in [5.74, 6) is 0.661. The number of para-hydroxylation sites is 1. The van der Waals surface area contributed by atoms with Gasteiger partial charge in [-0.1, -0.05) is 44.2 Å². The molecule has 1 fully saturated rings. The number of hydrogen-bond donors (Lipinski definition) is 3. The number of pyridine rings is 1. The Morgan fingerprint density at radius 1 is 0.911 bits per heavy atom. The number of anilines is 1. The summed E-state index contributed by atoms with van der Waals surface area (Å²) in [6.07, 6.45) is 4.75. The van der Waals surface area contributed by atoms with E-state index in [0.29, 0.717) is 29.7 Å². The van der Waals surface area contributed by atoms with E-state index in [1.807, 2.05) is 50.2 Å². The molecule has 10 heteroatoms. The van der Waals surface area contributed by atoms with Gasteiger partial charge in [0.05, 0.1) is 30.4 Å². The minimum atomic E-state index is -1.11. The number of nitrogens with zero attached hydrogens (tertiary/aromatic N) is 1. The lowest BCUT2D eigenvalue weighted by Crippen LogP contribution is -2.40. The molecule has 1 aromatic heterocycles. The fraction of sp³-hybridized carbons (Fsp3) is 0.314. The molecule has 0 unspecified atom stereocenters. The van der Waals surface area contributed by atoms with Gasteiger partial charge in [0.1, 0.15) is 11.5 Å². The normalized spacial score (nSPS) is 16.2. The number of fused-ring (bicyclic) bond motifs is 1. The van der Waals surface area contributed by atoms with Gasteiger partial charge < -0.3 is 30.0 Å². The van der Waals surface area contributed by atoms with Crippen LogP contribution >= 0.6 is 0 Å². The van der Waals surface area contributed by atoms with Crippen molar-refractivity contribution >= 4 is 34.4 Å². The molecule has 0 atom stereocenters. The van der Waals surface area contributed by atoms with Crippen LogP contribution in [0.5, 0.6) is 17.4 Å². The molecule has 2 amide bonds. The van der Waals surface area contributed by atoms with Gasteiger partial charge in [-0.05, 0) is 84.3 Å². The number of nitrogens with one attached hydrogen (secondary N) is 2. The van der Waals surface area contributed by atoms with E-state index in [2.05, 4.69) is 15.6 Å².